The van der Waals surface area contributed by atoms with E-state index < -0.39 is 0 Å². The van der Waals surface area contributed by atoms with Gasteiger partial charge < -0.3 is 10.1 Å². The molecule has 6 nitrogen and oxygen atoms in total. The van der Waals surface area contributed by atoms with Crippen molar-refractivity contribution in [2.75, 3.05) is 18.5 Å². The van der Waals surface area contributed by atoms with Gasteiger partial charge in [-0.3, -0.25) is 10.1 Å². The minimum atomic E-state index is -0.374. The molecule has 1 aliphatic rings. The van der Waals surface area contributed by atoms with E-state index in [0.717, 1.165) is 26.1 Å². The summed E-state index contributed by atoms with van der Waals surface area (Å²) in [6.45, 7) is 5.30. The van der Waals surface area contributed by atoms with Crippen LogP contribution in [0.1, 0.15) is 25.3 Å². The predicted octanol–water partition coefficient (Wildman–Crippen LogP) is 2.53. The van der Waals surface area contributed by atoms with Crippen molar-refractivity contribution in [3.63, 3.8) is 0 Å². The number of hydrogen-bond donors (Lipinski definition) is 1. The lowest BCUT2D eigenvalue weighted by molar-refractivity contribution is -0.384. The Balaban J connectivity index is 2.14. The van der Waals surface area contributed by atoms with Crippen LogP contribution in [-0.2, 0) is 4.74 Å². The van der Waals surface area contributed by atoms with Crippen molar-refractivity contribution < 1.29 is 9.66 Å². The minimum Gasteiger partial charge on any atom is -0.381 e. The molecule has 2 heterocycles. The van der Waals surface area contributed by atoms with Gasteiger partial charge in [0.1, 0.15) is 0 Å². The maximum Gasteiger partial charge on any atom is 0.314 e. The molecule has 1 unspecified atom stereocenters. The Morgan fingerprint density at radius 3 is 2.84 bits per heavy atom. The van der Waals surface area contributed by atoms with Crippen LogP contribution in [-0.4, -0.2) is 29.2 Å². The molecule has 0 amide bonds. The second-order valence-electron chi connectivity index (χ2n) is 4.96. The molecule has 0 aliphatic carbocycles. The Bertz CT molecular complexity index is 458. The molecule has 19 heavy (non-hydrogen) atoms. The second-order valence-corrected chi connectivity index (χ2v) is 4.96. The Hall–Kier alpha value is -1.69. The number of aryl methyl sites for hydroxylation is 1. The van der Waals surface area contributed by atoms with E-state index in [4.69, 9.17) is 4.74 Å². The van der Waals surface area contributed by atoms with Gasteiger partial charge in [0.05, 0.1) is 4.92 Å². The summed E-state index contributed by atoms with van der Waals surface area (Å²) in [7, 11) is 0. The molecular formula is C13H19N3O3. The number of anilines is 1. The van der Waals surface area contributed by atoms with Gasteiger partial charge in [0, 0.05) is 31.0 Å². The highest BCUT2D eigenvalue weighted by atomic mass is 16.6. The first-order valence-corrected chi connectivity index (χ1v) is 6.54. The van der Waals surface area contributed by atoms with Crippen molar-refractivity contribution in [2.45, 2.75) is 32.7 Å². The summed E-state index contributed by atoms with van der Waals surface area (Å²) >= 11 is 0. The van der Waals surface area contributed by atoms with Gasteiger partial charge in [-0.25, -0.2) is 4.98 Å². The van der Waals surface area contributed by atoms with Gasteiger partial charge in [0.15, 0.2) is 0 Å². The topological polar surface area (TPSA) is 77.3 Å². The monoisotopic (exact) mass is 265 g/mol. The predicted molar refractivity (Wildman–Crippen MR) is 72.3 cm³/mol. The number of nitro groups is 1. The van der Waals surface area contributed by atoms with Crippen LogP contribution in [0.4, 0.5) is 11.5 Å². The van der Waals surface area contributed by atoms with E-state index in [1.54, 1.807) is 19.2 Å². The summed E-state index contributed by atoms with van der Waals surface area (Å²) < 4.78 is 5.33. The van der Waals surface area contributed by atoms with Crippen LogP contribution in [0.3, 0.4) is 0 Å². The molecule has 0 radical (unpaired) electrons. The highest BCUT2D eigenvalue weighted by Gasteiger charge is 2.24. The van der Waals surface area contributed by atoms with E-state index in [0.29, 0.717) is 17.3 Å². The first-order valence-electron chi connectivity index (χ1n) is 6.54. The summed E-state index contributed by atoms with van der Waals surface area (Å²) in [5.41, 5.74) is 0.697. The lowest BCUT2D eigenvalue weighted by Gasteiger charge is -2.28. The summed E-state index contributed by atoms with van der Waals surface area (Å²) in [5.74, 6) is 0.833. The van der Waals surface area contributed by atoms with Crippen molar-refractivity contribution in [3.05, 3.63) is 27.9 Å². The third-order valence-corrected chi connectivity index (χ3v) is 3.65. The van der Waals surface area contributed by atoms with E-state index in [9.17, 15) is 10.1 Å². The van der Waals surface area contributed by atoms with Crippen LogP contribution in [0.2, 0.25) is 0 Å². The van der Waals surface area contributed by atoms with Gasteiger partial charge in [-0.1, -0.05) is 0 Å². The third kappa shape index (κ3) is 3.20. The number of nitrogens with zero attached hydrogens (tertiary/aromatic N) is 2. The Kier molecular flexibility index (Phi) is 4.31. The summed E-state index contributed by atoms with van der Waals surface area (Å²) in [6, 6.07) is 1.81. The fourth-order valence-electron chi connectivity index (χ4n) is 2.44. The first-order chi connectivity index (χ1) is 9.09. The zero-order valence-electron chi connectivity index (χ0n) is 11.3. The van der Waals surface area contributed by atoms with Gasteiger partial charge in [0.25, 0.3) is 0 Å². The van der Waals surface area contributed by atoms with E-state index in [1.807, 2.05) is 6.92 Å². The van der Waals surface area contributed by atoms with Crippen LogP contribution in [0.25, 0.3) is 0 Å². The van der Waals surface area contributed by atoms with E-state index >= 15 is 0 Å². The lowest BCUT2D eigenvalue weighted by Crippen LogP contribution is -2.31. The van der Waals surface area contributed by atoms with Crippen molar-refractivity contribution in [3.8, 4) is 0 Å². The SMILES string of the molecule is Cc1ccnc(NC(C)C2CCOCC2)c1[N+](=O)[O-]. The molecular weight excluding hydrogens is 246 g/mol. The molecule has 6 heteroatoms. The molecule has 0 spiro atoms. The fourth-order valence-corrected chi connectivity index (χ4v) is 2.44. The van der Waals surface area contributed by atoms with Crippen molar-refractivity contribution in [2.24, 2.45) is 5.92 Å². The van der Waals surface area contributed by atoms with Crippen LogP contribution in [0.15, 0.2) is 12.3 Å². The van der Waals surface area contributed by atoms with Gasteiger partial charge in [0.2, 0.25) is 5.82 Å². The van der Waals surface area contributed by atoms with Crippen LogP contribution >= 0.6 is 0 Å². The standard InChI is InChI=1S/C13H19N3O3/c1-9-3-6-14-13(12(9)16(17)18)15-10(2)11-4-7-19-8-5-11/h3,6,10-11H,4-5,7-8H2,1-2H3,(H,14,15). The van der Waals surface area contributed by atoms with Gasteiger partial charge in [-0.2, -0.15) is 0 Å². The number of ether oxygens (including phenoxy) is 1. The highest BCUT2D eigenvalue weighted by Crippen LogP contribution is 2.28. The number of pyridine rings is 1. The number of rotatable bonds is 4. The largest absolute Gasteiger partial charge is 0.381 e. The van der Waals surface area contributed by atoms with Gasteiger partial charge >= 0.3 is 5.69 Å². The molecule has 1 aromatic heterocycles. The summed E-state index contributed by atoms with van der Waals surface area (Å²) in [6.07, 6.45) is 3.56. The van der Waals surface area contributed by atoms with Crippen LogP contribution in [0, 0.1) is 23.0 Å². The molecule has 0 saturated carbocycles. The van der Waals surface area contributed by atoms with E-state index in [-0.39, 0.29) is 16.7 Å². The maximum atomic E-state index is 11.1. The third-order valence-electron chi connectivity index (χ3n) is 3.65. The minimum absolute atomic E-state index is 0.0707. The van der Waals surface area contributed by atoms with Crippen molar-refractivity contribution >= 4 is 11.5 Å². The molecule has 1 atom stereocenters. The normalized spacial score (nSPS) is 18.0. The fraction of sp³-hybridized carbons (Fsp3) is 0.615. The number of hydrogen-bond acceptors (Lipinski definition) is 5. The summed E-state index contributed by atoms with van der Waals surface area (Å²) in [4.78, 5) is 14.8. The Morgan fingerprint density at radius 1 is 1.53 bits per heavy atom. The molecule has 1 saturated heterocycles. The zero-order valence-corrected chi connectivity index (χ0v) is 11.3. The van der Waals surface area contributed by atoms with Crippen LogP contribution in [0.5, 0.6) is 0 Å². The average molecular weight is 265 g/mol. The average Bonchev–Trinajstić information content (AvgIpc) is 2.39. The lowest BCUT2D eigenvalue weighted by atomic mass is 9.93. The van der Waals surface area contributed by atoms with Crippen LogP contribution < -0.4 is 5.32 Å². The quantitative estimate of drug-likeness (QED) is 0.668. The number of nitrogens with one attached hydrogen (secondary N) is 1. The molecule has 104 valence electrons. The molecule has 1 aliphatic heterocycles. The van der Waals surface area contributed by atoms with Crippen molar-refractivity contribution in [1.82, 2.24) is 4.98 Å². The smallest absolute Gasteiger partial charge is 0.314 e. The van der Waals surface area contributed by atoms with Gasteiger partial charge in [-0.05, 0) is 38.7 Å². The maximum absolute atomic E-state index is 11.1. The molecule has 0 aromatic carbocycles. The van der Waals surface area contributed by atoms with Crippen molar-refractivity contribution in [1.29, 1.82) is 0 Å². The first kappa shape index (κ1) is 13.7. The molecule has 1 N–H and O–H groups in total. The summed E-state index contributed by atoms with van der Waals surface area (Å²) in [5, 5.41) is 14.3. The Labute approximate surface area is 112 Å². The molecule has 0 bridgehead atoms. The molecule has 1 fully saturated rings. The zero-order chi connectivity index (χ0) is 13.8. The highest BCUT2D eigenvalue weighted by molar-refractivity contribution is 5.60. The van der Waals surface area contributed by atoms with E-state index in [2.05, 4.69) is 10.3 Å². The molecule has 2 rings (SSSR count). The molecule has 1 aromatic rings. The van der Waals surface area contributed by atoms with Gasteiger partial charge in [-0.15, -0.1) is 0 Å². The second kappa shape index (κ2) is 5.97. The Morgan fingerprint density at radius 2 is 2.21 bits per heavy atom. The van der Waals surface area contributed by atoms with E-state index in [1.165, 1.54) is 0 Å². The number of aromatic nitrogens is 1.